The number of sulfonamides is 1. The number of hydrogen-bond acceptors (Lipinski definition) is 5. The van der Waals surface area contributed by atoms with Crippen molar-refractivity contribution in [3.8, 4) is 0 Å². The van der Waals surface area contributed by atoms with Crippen molar-refractivity contribution in [2.45, 2.75) is 36.7 Å². The molecule has 0 radical (unpaired) electrons. The maximum atomic E-state index is 13.5. The standard InChI is InChI=1S/C29H34N4O3S/c1-20-11-13-25(14-12-20)37(35,36)32-24-16-23(17-30-18-24)29(34)33(2)19-28-26-9-5-3-7-21(26)15-22-8-4-6-10-27(22)31-28/h3-14,23-24,28,30-32H,15-19H2,1-2H3/t23-,24+,28?/m0/s1. The molecule has 3 atom stereocenters. The first-order valence-electron chi connectivity index (χ1n) is 12.8. The first kappa shape index (κ1) is 25.4. The van der Waals surface area contributed by atoms with E-state index >= 15 is 0 Å². The Morgan fingerprint density at radius 2 is 1.68 bits per heavy atom. The molecule has 5 rings (SSSR count). The van der Waals surface area contributed by atoms with Crippen LogP contribution in [-0.2, 0) is 21.2 Å². The Morgan fingerprint density at radius 3 is 2.46 bits per heavy atom. The van der Waals surface area contributed by atoms with Gasteiger partial charge in [-0.25, -0.2) is 13.1 Å². The van der Waals surface area contributed by atoms with Crippen LogP contribution in [0.5, 0.6) is 0 Å². The summed E-state index contributed by atoms with van der Waals surface area (Å²) in [5.74, 6) is -0.290. The summed E-state index contributed by atoms with van der Waals surface area (Å²) in [6, 6.07) is 23.1. The monoisotopic (exact) mass is 518 g/mol. The minimum Gasteiger partial charge on any atom is -0.376 e. The molecule has 2 aliphatic heterocycles. The van der Waals surface area contributed by atoms with Crippen molar-refractivity contribution in [2.75, 3.05) is 32.0 Å². The molecule has 0 saturated carbocycles. The van der Waals surface area contributed by atoms with Gasteiger partial charge in [-0.2, -0.15) is 0 Å². The van der Waals surface area contributed by atoms with Crippen molar-refractivity contribution < 1.29 is 13.2 Å². The summed E-state index contributed by atoms with van der Waals surface area (Å²) in [5, 5.41) is 6.92. The first-order chi connectivity index (χ1) is 17.8. The number of carbonyl (C=O) groups excluding carboxylic acids is 1. The summed E-state index contributed by atoms with van der Waals surface area (Å²) < 4.78 is 28.6. The molecule has 3 aromatic carbocycles. The van der Waals surface area contributed by atoms with Crippen LogP contribution >= 0.6 is 0 Å². The van der Waals surface area contributed by atoms with Crippen LogP contribution in [0.15, 0.2) is 77.7 Å². The highest BCUT2D eigenvalue weighted by molar-refractivity contribution is 7.89. The molecule has 1 fully saturated rings. The van der Waals surface area contributed by atoms with E-state index in [1.807, 2.05) is 26.1 Å². The van der Waals surface area contributed by atoms with Gasteiger partial charge in [0, 0.05) is 38.4 Å². The number of benzene rings is 3. The van der Waals surface area contributed by atoms with E-state index in [4.69, 9.17) is 0 Å². The maximum Gasteiger partial charge on any atom is 0.240 e. The summed E-state index contributed by atoms with van der Waals surface area (Å²) in [5.41, 5.74) is 5.79. The SMILES string of the molecule is Cc1ccc(S(=O)(=O)N[C@H]2CNC[C@@H](C(=O)N(C)CC3Nc4ccccc4Cc4ccccc43)C2)cc1. The molecule has 0 bridgehead atoms. The number of carbonyl (C=O) groups is 1. The molecule has 37 heavy (non-hydrogen) atoms. The number of fused-ring (bicyclic) bond motifs is 2. The quantitative estimate of drug-likeness (QED) is 0.465. The van der Waals surface area contributed by atoms with E-state index in [-0.39, 0.29) is 28.8 Å². The Morgan fingerprint density at radius 1 is 0.973 bits per heavy atom. The third kappa shape index (κ3) is 5.71. The Hall–Kier alpha value is -3.20. The van der Waals surface area contributed by atoms with Gasteiger partial charge in [-0.3, -0.25) is 4.79 Å². The highest BCUT2D eigenvalue weighted by Gasteiger charge is 2.33. The highest BCUT2D eigenvalue weighted by Crippen LogP contribution is 2.32. The lowest BCUT2D eigenvalue weighted by Crippen LogP contribution is -2.52. The Balaban J connectivity index is 1.27. The van der Waals surface area contributed by atoms with E-state index in [1.165, 1.54) is 16.7 Å². The van der Waals surface area contributed by atoms with Crippen LogP contribution in [0.2, 0.25) is 0 Å². The minimum atomic E-state index is -3.66. The van der Waals surface area contributed by atoms with Gasteiger partial charge in [0.2, 0.25) is 15.9 Å². The summed E-state index contributed by atoms with van der Waals surface area (Å²) in [4.78, 5) is 15.5. The number of nitrogens with one attached hydrogen (secondary N) is 3. The van der Waals surface area contributed by atoms with Gasteiger partial charge in [-0.15, -0.1) is 0 Å². The lowest BCUT2D eigenvalue weighted by Gasteiger charge is -2.33. The number of para-hydroxylation sites is 1. The average molecular weight is 519 g/mol. The normalized spacial score (nSPS) is 21.2. The molecule has 0 aromatic heterocycles. The van der Waals surface area contributed by atoms with E-state index in [9.17, 15) is 13.2 Å². The first-order valence-corrected chi connectivity index (χ1v) is 14.3. The highest BCUT2D eigenvalue weighted by atomic mass is 32.2. The molecule has 1 saturated heterocycles. The van der Waals surface area contributed by atoms with Crippen molar-refractivity contribution in [3.05, 3.63) is 95.1 Å². The fourth-order valence-electron chi connectivity index (χ4n) is 5.37. The Labute approximate surface area is 219 Å². The van der Waals surface area contributed by atoms with E-state index in [0.717, 1.165) is 17.7 Å². The minimum absolute atomic E-state index is 0.0172. The molecular formula is C29H34N4O3S. The zero-order valence-electron chi connectivity index (χ0n) is 21.3. The summed E-state index contributed by atoms with van der Waals surface area (Å²) >= 11 is 0. The van der Waals surface area contributed by atoms with Crippen LogP contribution < -0.4 is 15.4 Å². The lowest BCUT2D eigenvalue weighted by molar-refractivity contribution is -0.135. The van der Waals surface area contributed by atoms with Gasteiger partial charge in [0.05, 0.1) is 16.9 Å². The van der Waals surface area contributed by atoms with Crippen LogP contribution in [0.25, 0.3) is 0 Å². The second kappa shape index (κ2) is 10.7. The third-order valence-electron chi connectivity index (χ3n) is 7.34. The molecule has 3 aromatic rings. The molecule has 1 amide bonds. The number of nitrogens with zero attached hydrogens (tertiary/aromatic N) is 1. The van der Waals surface area contributed by atoms with Gasteiger partial charge in [0.15, 0.2) is 0 Å². The van der Waals surface area contributed by atoms with E-state index in [1.54, 1.807) is 29.2 Å². The fraction of sp³-hybridized carbons (Fsp3) is 0.345. The number of amides is 1. The topological polar surface area (TPSA) is 90.5 Å². The predicted molar refractivity (Wildman–Crippen MR) is 146 cm³/mol. The summed E-state index contributed by atoms with van der Waals surface area (Å²) in [6.07, 6.45) is 1.31. The van der Waals surface area contributed by atoms with E-state index < -0.39 is 10.0 Å². The Bertz CT molecular complexity index is 1370. The van der Waals surface area contributed by atoms with Gasteiger partial charge in [-0.1, -0.05) is 60.2 Å². The van der Waals surface area contributed by atoms with Gasteiger partial charge >= 0.3 is 0 Å². The lowest BCUT2D eigenvalue weighted by atomic mass is 9.94. The van der Waals surface area contributed by atoms with Crippen molar-refractivity contribution in [2.24, 2.45) is 5.92 Å². The van der Waals surface area contributed by atoms with Crippen molar-refractivity contribution in [3.63, 3.8) is 0 Å². The van der Waals surface area contributed by atoms with Gasteiger partial charge in [-0.05, 0) is 54.7 Å². The van der Waals surface area contributed by atoms with Crippen LogP contribution in [0.4, 0.5) is 5.69 Å². The molecule has 194 valence electrons. The summed E-state index contributed by atoms with van der Waals surface area (Å²) in [7, 11) is -1.82. The van der Waals surface area contributed by atoms with Crippen LogP contribution in [0.3, 0.4) is 0 Å². The number of anilines is 1. The smallest absolute Gasteiger partial charge is 0.240 e. The molecule has 2 aliphatic rings. The van der Waals surface area contributed by atoms with Crippen molar-refractivity contribution in [1.29, 1.82) is 0 Å². The number of piperidine rings is 1. The van der Waals surface area contributed by atoms with Gasteiger partial charge in [0.1, 0.15) is 0 Å². The Kier molecular flexibility index (Phi) is 7.33. The van der Waals surface area contributed by atoms with Crippen LogP contribution in [-0.4, -0.2) is 51.9 Å². The second-order valence-electron chi connectivity index (χ2n) is 10.2. The molecule has 3 N–H and O–H groups in total. The number of likely N-dealkylation sites (N-methyl/N-ethyl adjacent to an activating group) is 1. The van der Waals surface area contributed by atoms with Gasteiger partial charge < -0.3 is 15.5 Å². The van der Waals surface area contributed by atoms with Crippen molar-refractivity contribution >= 4 is 21.6 Å². The fourth-order valence-corrected chi connectivity index (χ4v) is 6.61. The molecule has 8 heteroatoms. The third-order valence-corrected chi connectivity index (χ3v) is 8.88. The van der Waals surface area contributed by atoms with E-state index in [0.29, 0.717) is 26.1 Å². The van der Waals surface area contributed by atoms with Gasteiger partial charge in [0.25, 0.3) is 0 Å². The molecule has 0 spiro atoms. The average Bonchev–Trinajstić information content (AvgIpc) is 3.05. The van der Waals surface area contributed by atoms with Crippen LogP contribution in [0, 0.1) is 12.8 Å². The van der Waals surface area contributed by atoms with Crippen LogP contribution in [0.1, 0.15) is 34.7 Å². The molecule has 7 nitrogen and oxygen atoms in total. The number of rotatable bonds is 6. The largest absolute Gasteiger partial charge is 0.376 e. The second-order valence-corrected chi connectivity index (χ2v) is 11.9. The van der Waals surface area contributed by atoms with Crippen molar-refractivity contribution in [1.82, 2.24) is 14.9 Å². The predicted octanol–water partition coefficient (Wildman–Crippen LogP) is 3.47. The van der Waals surface area contributed by atoms with E-state index in [2.05, 4.69) is 51.8 Å². The molecular weight excluding hydrogens is 484 g/mol. The zero-order chi connectivity index (χ0) is 26.0. The molecule has 1 unspecified atom stereocenters. The zero-order valence-corrected chi connectivity index (χ0v) is 22.1. The summed E-state index contributed by atoms with van der Waals surface area (Å²) in [6.45, 7) is 3.46. The molecule has 2 heterocycles. The molecule has 0 aliphatic carbocycles. The number of hydrogen-bond donors (Lipinski definition) is 3. The maximum absolute atomic E-state index is 13.5. The number of aryl methyl sites for hydroxylation is 1.